The minimum absolute atomic E-state index is 0.0470. The van der Waals surface area contributed by atoms with E-state index >= 15 is 0 Å². The van der Waals surface area contributed by atoms with E-state index in [0.717, 1.165) is 12.6 Å². The predicted octanol–water partition coefficient (Wildman–Crippen LogP) is 2.76. The average molecular weight is 303 g/mol. The fourth-order valence-electron chi connectivity index (χ4n) is 1.53. The molecular weight excluding hydrogens is 287 g/mol. The van der Waals surface area contributed by atoms with E-state index in [9.17, 15) is 9.18 Å². The Morgan fingerprint density at radius 3 is 2.76 bits per heavy atom. The number of carbonyl (C=O) groups is 1. The number of carbonyl (C=O) groups excluding carboxylic acids is 1. The van der Waals surface area contributed by atoms with Crippen molar-refractivity contribution in [2.24, 2.45) is 5.92 Å². The van der Waals surface area contributed by atoms with Crippen LogP contribution < -0.4 is 5.32 Å². The molecule has 1 rings (SSSR count). The summed E-state index contributed by atoms with van der Waals surface area (Å²) in [6.45, 7) is 4.18. The number of hydrogen-bond donors (Lipinski definition) is 1. The first-order chi connectivity index (χ1) is 8.02. The molecule has 5 heteroatoms. The van der Waals surface area contributed by atoms with Gasteiger partial charge in [-0.25, -0.2) is 4.39 Å². The number of nitrogens with zero attached hydrogens (tertiary/aromatic N) is 1. The lowest BCUT2D eigenvalue weighted by molar-refractivity contribution is 0.0936. The Bertz CT molecular complexity index is 385. The van der Waals surface area contributed by atoms with Gasteiger partial charge >= 0.3 is 0 Å². The number of halogens is 2. The smallest absolute Gasteiger partial charge is 0.253 e. The van der Waals surface area contributed by atoms with Crippen molar-refractivity contribution in [2.45, 2.75) is 26.3 Å². The van der Waals surface area contributed by atoms with E-state index in [0.29, 0.717) is 11.2 Å². The van der Waals surface area contributed by atoms with Crippen LogP contribution in [0.3, 0.4) is 0 Å². The van der Waals surface area contributed by atoms with Gasteiger partial charge in [0.1, 0.15) is 5.82 Å². The third-order valence-electron chi connectivity index (χ3n) is 2.24. The van der Waals surface area contributed by atoms with Crippen molar-refractivity contribution in [3.8, 4) is 0 Å². The van der Waals surface area contributed by atoms with Gasteiger partial charge in [-0.3, -0.25) is 9.78 Å². The van der Waals surface area contributed by atoms with Crippen LogP contribution in [0.5, 0.6) is 0 Å². The zero-order valence-electron chi connectivity index (χ0n) is 9.91. The maximum absolute atomic E-state index is 12.9. The highest BCUT2D eigenvalue weighted by atomic mass is 79.9. The van der Waals surface area contributed by atoms with E-state index in [-0.39, 0.29) is 17.5 Å². The first-order valence-corrected chi connectivity index (χ1v) is 6.62. The van der Waals surface area contributed by atoms with Gasteiger partial charge < -0.3 is 5.32 Å². The van der Waals surface area contributed by atoms with E-state index < -0.39 is 5.82 Å². The van der Waals surface area contributed by atoms with Crippen molar-refractivity contribution in [3.63, 3.8) is 0 Å². The first kappa shape index (κ1) is 14.1. The van der Waals surface area contributed by atoms with Crippen LogP contribution in [-0.4, -0.2) is 22.3 Å². The summed E-state index contributed by atoms with van der Waals surface area (Å²) < 4.78 is 12.9. The molecule has 94 valence electrons. The normalized spacial score (nSPS) is 12.5. The third-order valence-corrected chi connectivity index (χ3v) is 3.03. The quantitative estimate of drug-likeness (QED) is 0.850. The van der Waals surface area contributed by atoms with Crippen molar-refractivity contribution in [3.05, 3.63) is 29.8 Å². The second kappa shape index (κ2) is 6.69. The molecule has 0 aromatic carbocycles. The predicted molar refractivity (Wildman–Crippen MR) is 68.7 cm³/mol. The topological polar surface area (TPSA) is 42.0 Å². The second-order valence-corrected chi connectivity index (χ2v) is 4.99. The number of nitrogens with one attached hydrogen (secondary N) is 1. The van der Waals surface area contributed by atoms with Gasteiger partial charge in [-0.05, 0) is 18.4 Å². The maximum Gasteiger partial charge on any atom is 0.253 e. The summed E-state index contributed by atoms with van der Waals surface area (Å²) >= 11 is 3.36. The van der Waals surface area contributed by atoms with Crippen LogP contribution in [0.25, 0.3) is 0 Å². The molecule has 0 saturated heterocycles. The van der Waals surface area contributed by atoms with Crippen LogP contribution in [0.2, 0.25) is 0 Å². The van der Waals surface area contributed by atoms with Gasteiger partial charge in [0.15, 0.2) is 0 Å². The Morgan fingerprint density at radius 1 is 1.53 bits per heavy atom. The summed E-state index contributed by atoms with van der Waals surface area (Å²) in [6, 6.07) is 1.23. The highest BCUT2D eigenvalue weighted by Gasteiger charge is 2.14. The van der Waals surface area contributed by atoms with E-state index in [2.05, 4.69) is 40.1 Å². The molecule has 1 amide bonds. The van der Waals surface area contributed by atoms with Crippen molar-refractivity contribution < 1.29 is 9.18 Å². The highest BCUT2D eigenvalue weighted by molar-refractivity contribution is 9.09. The summed E-state index contributed by atoms with van der Waals surface area (Å²) in [5.74, 6) is -0.303. The van der Waals surface area contributed by atoms with Crippen molar-refractivity contribution in [1.29, 1.82) is 0 Å². The minimum Gasteiger partial charge on any atom is -0.348 e. The molecule has 0 spiro atoms. The summed E-state index contributed by atoms with van der Waals surface area (Å²) in [5.41, 5.74) is 0.250. The van der Waals surface area contributed by atoms with Crippen LogP contribution in [0.1, 0.15) is 30.6 Å². The molecule has 0 saturated carbocycles. The van der Waals surface area contributed by atoms with E-state index in [1.54, 1.807) is 0 Å². The molecule has 0 aliphatic rings. The second-order valence-electron chi connectivity index (χ2n) is 4.35. The van der Waals surface area contributed by atoms with Crippen LogP contribution in [-0.2, 0) is 0 Å². The summed E-state index contributed by atoms with van der Waals surface area (Å²) in [6.07, 6.45) is 3.31. The Labute approximate surface area is 109 Å². The SMILES string of the molecule is CC(C)CC(CBr)NC(=O)c1cncc(F)c1. The molecule has 0 aliphatic carbocycles. The number of alkyl halides is 1. The van der Waals surface area contributed by atoms with Gasteiger partial charge in [-0.15, -0.1) is 0 Å². The zero-order valence-corrected chi connectivity index (χ0v) is 11.5. The average Bonchev–Trinajstić information content (AvgIpc) is 2.27. The standard InChI is InChI=1S/C12H16BrFN2O/c1-8(2)3-11(5-13)16-12(17)9-4-10(14)7-15-6-9/h4,6-8,11H,3,5H2,1-2H3,(H,16,17). The Balaban J connectivity index is 2.64. The lowest BCUT2D eigenvalue weighted by Crippen LogP contribution is -2.37. The Kier molecular flexibility index (Phi) is 5.55. The number of hydrogen-bond acceptors (Lipinski definition) is 2. The molecule has 0 aliphatic heterocycles. The van der Waals surface area contributed by atoms with Crippen LogP contribution in [0.15, 0.2) is 18.5 Å². The van der Waals surface area contributed by atoms with Gasteiger partial charge in [0.25, 0.3) is 5.91 Å². The minimum atomic E-state index is -0.503. The van der Waals surface area contributed by atoms with Crippen LogP contribution in [0, 0.1) is 11.7 Å². The number of aromatic nitrogens is 1. The van der Waals surface area contributed by atoms with Crippen molar-refractivity contribution >= 4 is 21.8 Å². The molecule has 1 aromatic rings. The van der Waals surface area contributed by atoms with Gasteiger partial charge in [0.05, 0.1) is 11.8 Å². The number of amides is 1. The van der Waals surface area contributed by atoms with Crippen LogP contribution in [0.4, 0.5) is 4.39 Å². The monoisotopic (exact) mass is 302 g/mol. The number of pyridine rings is 1. The van der Waals surface area contributed by atoms with Gasteiger partial charge in [0, 0.05) is 17.6 Å². The molecular formula is C12H16BrFN2O. The molecule has 17 heavy (non-hydrogen) atoms. The number of rotatable bonds is 5. The fraction of sp³-hybridized carbons (Fsp3) is 0.500. The highest BCUT2D eigenvalue weighted by Crippen LogP contribution is 2.08. The summed E-state index contributed by atoms with van der Waals surface area (Å²) in [4.78, 5) is 15.5. The molecule has 0 radical (unpaired) electrons. The first-order valence-electron chi connectivity index (χ1n) is 5.50. The largest absolute Gasteiger partial charge is 0.348 e. The molecule has 1 unspecified atom stereocenters. The van der Waals surface area contributed by atoms with E-state index in [1.165, 1.54) is 12.3 Å². The molecule has 0 bridgehead atoms. The molecule has 1 aromatic heterocycles. The maximum atomic E-state index is 12.9. The van der Waals surface area contributed by atoms with Crippen LogP contribution >= 0.6 is 15.9 Å². The Morgan fingerprint density at radius 2 is 2.24 bits per heavy atom. The molecule has 1 heterocycles. The summed E-state index contributed by atoms with van der Waals surface area (Å²) in [5, 5.41) is 3.53. The Hall–Kier alpha value is -0.970. The zero-order chi connectivity index (χ0) is 12.8. The van der Waals surface area contributed by atoms with E-state index in [4.69, 9.17) is 0 Å². The van der Waals surface area contributed by atoms with Crippen molar-refractivity contribution in [1.82, 2.24) is 10.3 Å². The van der Waals surface area contributed by atoms with Crippen molar-refractivity contribution in [2.75, 3.05) is 5.33 Å². The van der Waals surface area contributed by atoms with Gasteiger partial charge in [-0.2, -0.15) is 0 Å². The van der Waals surface area contributed by atoms with Gasteiger partial charge in [0.2, 0.25) is 0 Å². The lowest BCUT2D eigenvalue weighted by atomic mass is 10.1. The van der Waals surface area contributed by atoms with Gasteiger partial charge in [-0.1, -0.05) is 29.8 Å². The summed E-state index contributed by atoms with van der Waals surface area (Å²) in [7, 11) is 0. The molecule has 1 atom stereocenters. The van der Waals surface area contributed by atoms with E-state index in [1.807, 2.05) is 0 Å². The third kappa shape index (κ3) is 4.81. The molecule has 3 nitrogen and oxygen atoms in total. The lowest BCUT2D eigenvalue weighted by Gasteiger charge is -2.18. The molecule has 1 N–H and O–H groups in total. The molecule has 0 fully saturated rings. The fourth-order valence-corrected chi connectivity index (χ4v) is 1.96.